The van der Waals surface area contributed by atoms with E-state index in [1.54, 1.807) is 0 Å². The molecular formula is C49H97NO8P+. The van der Waals surface area contributed by atoms with Crippen LogP contribution in [0.2, 0.25) is 0 Å². The molecule has 1 unspecified atom stereocenters. The van der Waals surface area contributed by atoms with E-state index in [1.807, 2.05) is 21.1 Å². The van der Waals surface area contributed by atoms with Gasteiger partial charge in [0.05, 0.1) is 27.7 Å². The lowest BCUT2D eigenvalue weighted by Crippen LogP contribution is -2.37. The van der Waals surface area contributed by atoms with Gasteiger partial charge in [0.15, 0.2) is 6.10 Å². The van der Waals surface area contributed by atoms with Gasteiger partial charge in [0.1, 0.15) is 19.8 Å². The van der Waals surface area contributed by atoms with Crippen molar-refractivity contribution in [3.63, 3.8) is 0 Å². The van der Waals surface area contributed by atoms with Gasteiger partial charge in [-0.05, 0) is 38.5 Å². The molecule has 0 aliphatic rings. The SMILES string of the molecule is CCCCCCCC/C=C/CCCCCCCCCC(=O)O[C@H](COC(=O)CCCCCCCCCCCCCCCCCCCC)COP(=O)(O)OCC[N+](C)(C)C. The molecule has 0 rings (SSSR count). The molecule has 59 heavy (non-hydrogen) atoms. The van der Waals surface area contributed by atoms with Crippen molar-refractivity contribution in [1.82, 2.24) is 0 Å². The zero-order chi connectivity index (χ0) is 43.6. The summed E-state index contributed by atoms with van der Waals surface area (Å²) in [6, 6.07) is 0. The molecule has 2 atom stereocenters. The van der Waals surface area contributed by atoms with Crippen LogP contribution in [0.4, 0.5) is 0 Å². The molecule has 0 radical (unpaired) electrons. The molecule has 0 amide bonds. The Morgan fingerprint density at radius 2 is 0.864 bits per heavy atom. The van der Waals surface area contributed by atoms with Crippen molar-refractivity contribution in [2.45, 2.75) is 245 Å². The first kappa shape index (κ1) is 57.8. The number of hydrogen-bond donors (Lipinski definition) is 1. The van der Waals surface area contributed by atoms with Crippen molar-refractivity contribution in [3.8, 4) is 0 Å². The van der Waals surface area contributed by atoms with E-state index in [-0.39, 0.29) is 25.6 Å². The molecule has 10 heteroatoms. The molecule has 1 N–H and O–H groups in total. The van der Waals surface area contributed by atoms with Gasteiger partial charge >= 0.3 is 19.8 Å². The Morgan fingerprint density at radius 3 is 1.25 bits per heavy atom. The number of allylic oxidation sites excluding steroid dienone is 2. The molecule has 0 bridgehead atoms. The summed E-state index contributed by atoms with van der Waals surface area (Å²) >= 11 is 0. The maximum absolute atomic E-state index is 12.7. The normalized spacial score (nSPS) is 13.5. The van der Waals surface area contributed by atoms with E-state index in [0.717, 1.165) is 44.9 Å². The molecule has 0 aromatic carbocycles. The van der Waals surface area contributed by atoms with Gasteiger partial charge in [0.2, 0.25) is 0 Å². The molecule has 0 saturated carbocycles. The quantitative estimate of drug-likeness (QED) is 0.0212. The molecular weight excluding hydrogens is 762 g/mol. The van der Waals surface area contributed by atoms with Crippen molar-refractivity contribution in [1.29, 1.82) is 0 Å². The lowest BCUT2D eigenvalue weighted by Gasteiger charge is -2.24. The second-order valence-electron chi connectivity index (χ2n) is 18.2. The first-order valence-electron chi connectivity index (χ1n) is 24.9. The fourth-order valence-electron chi connectivity index (χ4n) is 7.13. The lowest BCUT2D eigenvalue weighted by molar-refractivity contribution is -0.870. The Hall–Kier alpha value is -1.25. The zero-order valence-corrected chi connectivity index (χ0v) is 40.4. The van der Waals surface area contributed by atoms with Crippen LogP contribution < -0.4 is 0 Å². The van der Waals surface area contributed by atoms with Crippen LogP contribution in [-0.2, 0) is 32.7 Å². The van der Waals surface area contributed by atoms with Crippen LogP contribution in [0.1, 0.15) is 239 Å². The van der Waals surface area contributed by atoms with Crippen molar-refractivity contribution in [2.24, 2.45) is 0 Å². The highest BCUT2D eigenvalue weighted by Gasteiger charge is 2.27. The van der Waals surface area contributed by atoms with Crippen molar-refractivity contribution < 1.29 is 42.1 Å². The first-order chi connectivity index (χ1) is 28.5. The molecule has 0 aliphatic heterocycles. The monoisotopic (exact) mass is 859 g/mol. The maximum Gasteiger partial charge on any atom is 0.472 e. The number of carbonyl (C=O) groups is 2. The van der Waals surface area contributed by atoms with Gasteiger partial charge in [-0.2, -0.15) is 0 Å². The highest BCUT2D eigenvalue weighted by molar-refractivity contribution is 7.47. The minimum absolute atomic E-state index is 0.0342. The van der Waals surface area contributed by atoms with E-state index >= 15 is 0 Å². The smallest absolute Gasteiger partial charge is 0.462 e. The third kappa shape index (κ3) is 46.1. The second-order valence-corrected chi connectivity index (χ2v) is 19.7. The van der Waals surface area contributed by atoms with Crippen LogP contribution in [0, 0.1) is 0 Å². The van der Waals surface area contributed by atoms with Gasteiger partial charge in [0.25, 0.3) is 0 Å². The zero-order valence-electron chi connectivity index (χ0n) is 39.5. The number of unbranched alkanes of at least 4 members (excludes halogenated alkanes) is 30. The minimum Gasteiger partial charge on any atom is -0.462 e. The number of quaternary nitrogens is 1. The maximum atomic E-state index is 12.7. The van der Waals surface area contributed by atoms with Gasteiger partial charge < -0.3 is 18.9 Å². The summed E-state index contributed by atoms with van der Waals surface area (Å²) in [6.45, 7) is 4.46. The van der Waals surface area contributed by atoms with Crippen LogP contribution in [-0.4, -0.2) is 74.9 Å². The predicted octanol–water partition coefficient (Wildman–Crippen LogP) is 14.5. The summed E-state index contributed by atoms with van der Waals surface area (Å²) < 4.78 is 34.4. The average molecular weight is 859 g/mol. The van der Waals surface area contributed by atoms with E-state index in [2.05, 4.69) is 26.0 Å². The van der Waals surface area contributed by atoms with Crippen molar-refractivity contribution in [3.05, 3.63) is 12.2 Å². The van der Waals surface area contributed by atoms with E-state index in [1.165, 1.54) is 161 Å². The van der Waals surface area contributed by atoms with E-state index < -0.39 is 26.5 Å². The van der Waals surface area contributed by atoms with Crippen LogP contribution in [0.15, 0.2) is 12.2 Å². The number of rotatable bonds is 46. The summed E-state index contributed by atoms with van der Waals surface area (Å²) in [6.07, 6.45) is 45.4. The number of ether oxygens (including phenoxy) is 2. The Morgan fingerprint density at radius 1 is 0.508 bits per heavy atom. The Labute approximate surface area is 365 Å². The number of nitrogens with zero attached hydrogens (tertiary/aromatic N) is 1. The molecule has 0 aliphatic carbocycles. The Balaban J connectivity index is 4.25. The van der Waals surface area contributed by atoms with Gasteiger partial charge in [0, 0.05) is 12.8 Å². The van der Waals surface area contributed by atoms with Crippen LogP contribution >= 0.6 is 7.82 Å². The summed E-state index contributed by atoms with van der Waals surface area (Å²) in [7, 11) is 1.49. The standard InChI is InChI=1S/C49H96NO8P/c1-6-8-10-12-14-16-18-20-22-24-26-27-29-31-33-35-37-39-41-48(51)55-45-47(46-57-59(53,54)56-44-43-50(3,4)5)58-49(52)42-40-38-36-34-32-30-28-25-23-21-19-17-15-13-11-9-7-2/h21,23,47H,6-20,22,24-46H2,1-5H3/p+1/b23-21+/t47-/m1/s1. The number of carbonyl (C=O) groups excluding carboxylic acids is 2. The number of esters is 2. The average Bonchev–Trinajstić information content (AvgIpc) is 3.19. The number of phosphoric ester groups is 1. The summed E-state index contributed by atoms with van der Waals surface area (Å²) in [4.78, 5) is 35.5. The number of hydrogen-bond acceptors (Lipinski definition) is 7. The molecule has 0 saturated heterocycles. The third-order valence-corrected chi connectivity index (χ3v) is 12.0. The van der Waals surface area contributed by atoms with Crippen LogP contribution in [0.25, 0.3) is 0 Å². The second kappa shape index (κ2) is 42.1. The van der Waals surface area contributed by atoms with Gasteiger partial charge in [-0.15, -0.1) is 0 Å². The molecule has 0 spiro atoms. The molecule has 9 nitrogen and oxygen atoms in total. The van der Waals surface area contributed by atoms with Gasteiger partial charge in [-0.25, -0.2) is 4.57 Å². The van der Waals surface area contributed by atoms with E-state index in [4.69, 9.17) is 18.5 Å². The summed E-state index contributed by atoms with van der Waals surface area (Å²) in [5, 5.41) is 0. The largest absolute Gasteiger partial charge is 0.472 e. The fourth-order valence-corrected chi connectivity index (χ4v) is 7.87. The lowest BCUT2D eigenvalue weighted by atomic mass is 10.0. The minimum atomic E-state index is -4.37. The molecule has 0 aromatic heterocycles. The van der Waals surface area contributed by atoms with E-state index in [0.29, 0.717) is 23.9 Å². The Bertz CT molecular complexity index is 1020. The number of likely N-dealkylation sites (N-methyl/N-ethyl adjacent to an activating group) is 1. The highest BCUT2D eigenvalue weighted by Crippen LogP contribution is 2.43. The van der Waals surface area contributed by atoms with Crippen molar-refractivity contribution >= 4 is 19.8 Å². The first-order valence-corrected chi connectivity index (χ1v) is 26.4. The van der Waals surface area contributed by atoms with Crippen molar-refractivity contribution in [2.75, 3.05) is 47.5 Å². The Kier molecular flexibility index (Phi) is 41.2. The summed E-state index contributed by atoms with van der Waals surface area (Å²) in [5.74, 6) is -0.789. The van der Waals surface area contributed by atoms with Gasteiger partial charge in [-0.1, -0.05) is 199 Å². The van der Waals surface area contributed by atoms with E-state index in [9.17, 15) is 19.0 Å². The number of phosphoric acid groups is 1. The predicted molar refractivity (Wildman–Crippen MR) is 248 cm³/mol. The van der Waals surface area contributed by atoms with Crippen LogP contribution in [0.5, 0.6) is 0 Å². The summed E-state index contributed by atoms with van der Waals surface area (Å²) in [5.41, 5.74) is 0. The fraction of sp³-hybridized carbons (Fsp3) is 0.918. The third-order valence-electron chi connectivity index (χ3n) is 11.0. The molecule has 0 aromatic rings. The van der Waals surface area contributed by atoms with Gasteiger partial charge in [-0.3, -0.25) is 18.6 Å². The molecule has 0 heterocycles. The van der Waals surface area contributed by atoms with Crippen LogP contribution in [0.3, 0.4) is 0 Å². The molecule has 0 fully saturated rings. The topological polar surface area (TPSA) is 108 Å². The molecule has 350 valence electrons. The highest BCUT2D eigenvalue weighted by atomic mass is 31.2.